The Labute approximate surface area is 164 Å². The SMILES string of the molecule is Cc1ccc(C(C)NC(=O)CNc2cc([N+](=O)[O-])ccc2NCCO)cc1C. The van der Waals surface area contributed by atoms with E-state index >= 15 is 0 Å². The number of hydrogen-bond acceptors (Lipinski definition) is 6. The maximum Gasteiger partial charge on any atom is 0.271 e. The molecule has 0 aliphatic heterocycles. The van der Waals surface area contributed by atoms with Crippen LogP contribution >= 0.6 is 0 Å². The average Bonchev–Trinajstić information content (AvgIpc) is 2.66. The van der Waals surface area contributed by atoms with Crippen LogP contribution in [-0.2, 0) is 4.79 Å². The van der Waals surface area contributed by atoms with Gasteiger partial charge in [-0.05, 0) is 43.5 Å². The molecule has 150 valence electrons. The Balaban J connectivity index is 2.03. The zero-order valence-corrected chi connectivity index (χ0v) is 16.3. The van der Waals surface area contributed by atoms with Crippen molar-refractivity contribution in [2.45, 2.75) is 26.8 Å². The van der Waals surface area contributed by atoms with Crippen molar-refractivity contribution in [1.29, 1.82) is 0 Å². The maximum absolute atomic E-state index is 12.3. The molecule has 0 aromatic heterocycles. The van der Waals surface area contributed by atoms with E-state index in [1.807, 2.05) is 39.0 Å². The molecule has 2 aromatic carbocycles. The molecule has 2 aromatic rings. The van der Waals surface area contributed by atoms with E-state index in [4.69, 9.17) is 5.11 Å². The zero-order chi connectivity index (χ0) is 20.7. The molecule has 1 atom stereocenters. The third kappa shape index (κ3) is 5.68. The lowest BCUT2D eigenvalue weighted by Crippen LogP contribution is -2.32. The minimum atomic E-state index is -0.497. The summed E-state index contributed by atoms with van der Waals surface area (Å²) < 4.78 is 0. The number of carbonyl (C=O) groups excluding carboxylic acids is 1. The van der Waals surface area contributed by atoms with Gasteiger partial charge >= 0.3 is 0 Å². The second-order valence-electron chi connectivity index (χ2n) is 6.62. The van der Waals surface area contributed by atoms with Crippen molar-refractivity contribution >= 4 is 23.0 Å². The number of non-ortho nitro benzene ring substituents is 1. The van der Waals surface area contributed by atoms with Crippen LogP contribution in [0.25, 0.3) is 0 Å². The first-order valence-electron chi connectivity index (χ1n) is 9.05. The molecule has 0 saturated heterocycles. The fraction of sp³-hybridized carbons (Fsp3) is 0.350. The van der Waals surface area contributed by atoms with Crippen LogP contribution < -0.4 is 16.0 Å². The molecule has 0 saturated carbocycles. The number of hydrogen-bond donors (Lipinski definition) is 4. The molecule has 2 rings (SSSR count). The lowest BCUT2D eigenvalue weighted by Gasteiger charge is -2.17. The first kappa shape index (κ1) is 21.2. The van der Waals surface area contributed by atoms with Gasteiger partial charge in [-0.2, -0.15) is 0 Å². The maximum atomic E-state index is 12.3. The lowest BCUT2D eigenvalue weighted by atomic mass is 10.0. The fourth-order valence-corrected chi connectivity index (χ4v) is 2.72. The predicted octanol–water partition coefficient (Wildman–Crippen LogP) is 2.91. The minimum Gasteiger partial charge on any atom is -0.395 e. The normalized spacial score (nSPS) is 11.6. The quantitative estimate of drug-likeness (QED) is 0.389. The van der Waals surface area contributed by atoms with Crippen LogP contribution in [0.2, 0.25) is 0 Å². The Kier molecular flexibility index (Phi) is 7.34. The molecule has 0 heterocycles. The molecule has 0 fully saturated rings. The summed E-state index contributed by atoms with van der Waals surface area (Å²) in [4.78, 5) is 22.8. The zero-order valence-electron chi connectivity index (χ0n) is 16.3. The number of aryl methyl sites for hydroxylation is 2. The summed E-state index contributed by atoms with van der Waals surface area (Å²) in [6.45, 7) is 6.15. The number of rotatable bonds is 9. The van der Waals surface area contributed by atoms with E-state index in [9.17, 15) is 14.9 Å². The average molecular weight is 386 g/mol. The van der Waals surface area contributed by atoms with E-state index in [2.05, 4.69) is 16.0 Å². The highest BCUT2D eigenvalue weighted by Crippen LogP contribution is 2.27. The van der Waals surface area contributed by atoms with Gasteiger partial charge in [0.15, 0.2) is 0 Å². The molecule has 8 heteroatoms. The van der Waals surface area contributed by atoms with E-state index in [1.54, 1.807) is 6.07 Å². The van der Waals surface area contributed by atoms with Gasteiger partial charge in [-0.25, -0.2) is 0 Å². The standard InChI is InChI=1S/C20H26N4O4/c1-13-4-5-16(10-14(13)2)15(3)23-20(26)12-22-19-11-17(24(27)28)6-7-18(19)21-8-9-25/h4-7,10-11,15,21-22,25H,8-9,12H2,1-3H3,(H,23,26). The smallest absolute Gasteiger partial charge is 0.271 e. The lowest BCUT2D eigenvalue weighted by molar-refractivity contribution is -0.384. The summed E-state index contributed by atoms with van der Waals surface area (Å²) in [5.41, 5.74) is 4.29. The van der Waals surface area contributed by atoms with Gasteiger partial charge in [-0.15, -0.1) is 0 Å². The van der Waals surface area contributed by atoms with Crippen LogP contribution in [0, 0.1) is 24.0 Å². The van der Waals surface area contributed by atoms with Gasteiger partial charge in [0.05, 0.1) is 35.5 Å². The van der Waals surface area contributed by atoms with Gasteiger partial charge in [0.25, 0.3) is 5.69 Å². The second kappa shape index (κ2) is 9.70. The van der Waals surface area contributed by atoms with Crippen LogP contribution in [0.4, 0.5) is 17.1 Å². The molecule has 28 heavy (non-hydrogen) atoms. The molecule has 0 bridgehead atoms. The summed E-state index contributed by atoms with van der Waals surface area (Å²) >= 11 is 0. The number of anilines is 2. The number of nitrogens with one attached hydrogen (secondary N) is 3. The van der Waals surface area contributed by atoms with Crippen molar-refractivity contribution in [2.75, 3.05) is 30.3 Å². The largest absolute Gasteiger partial charge is 0.395 e. The van der Waals surface area contributed by atoms with E-state index in [0.717, 1.165) is 11.1 Å². The number of benzene rings is 2. The first-order chi connectivity index (χ1) is 13.3. The molecule has 8 nitrogen and oxygen atoms in total. The summed E-state index contributed by atoms with van der Waals surface area (Å²) in [7, 11) is 0. The highest BCUT2D eigenvalue weighted by molar-refractivity contribution is 5.83. The van der Waals surface area contributed by atoms with Crippen molar-refractivity contribution in [2.24, 2.45) is 0 Å². The van der Waals surface area contributed by atoms with Gasteiger partial charge < -0.3 is 21.1 Å². The Hall–Kier alpha value is -3.13. The molecule has 1 amide bonds. The highest BCUT2D eigenvalue weighted by atomic mass is 16.6. The molecule has 0 aliphatic rings. The minimum absolute atomic E-state index is 0.0375. The van der Waals surface area contributed by atoms with Gasteiger partial charge in [-0.3, -0.25) is 14.9 Å². The van der Waals surface area contributed by atoms with Crippen LogP contribution in [0.1, 0.15) is 29.7 Å². The third-order valence-corrected chi connectivity index (χ3v) is 4.49. The molecular weight excluding hydrogens is 360 g/mol. The van der Waals surface area contributed by atoms with Gasteiger partial charge in [0, 0.05) is 18.7 Å². The van der Waals surface area contributed by atoms with E-state index in [-0.39, 0.29) is 30.8 Å². The molecule has 4 N–H and O–H groups in total. The van der Waals surface area contributed by atoms with Gasteiger partial charge in [-0.1, -0.05) is 18.2 Å². The van der Waals surface area contributed by atoms with E-state index < -0.39 is 4.92 Å². The topological polar surface area (TPSA) is 117 Å². The van der Waals surface area contributed by atoms with Crippen LogP contribution in [0.15, 0.2) is 36.4 Å². The van der Waals surface area contributed by atoms with Crippen molar-refractivity contribution in [3.05, 3.63) is 63.2 Å². The fourth-order valence-electron chi connectivity index (χ4n) is 2.72. The summed E-state index contributed by atoms with van der Waals surface area (Å²) in [5.74, 6) is -0.231. The number of aliphatic hydroxyl groups is 1. The summed E-state index contributed by atoms with van der Waals surface area (Å²) in [6, 6.07) is 10.2. The summed E-state index contributed by atoms with van der Waals surface area (Å²) in [6.07, 6.45) is 0. The molecule has 0 spiro atoms. The Morgan fingerprint density at radius 2 is 1.86 bits per heavy atom. The number of amides is 1. The number of nitro groups is 1. The van der Waals surface area contributed by atoms with Gasteiger partial charge in [0.2, 0.25) is 5.91 Å². The molecule has 1 unspecified atom stereocenters. The second-order valence-corrected chi connectivity index (χ2v) is 6.62. The van der Waals surface area contributed by atoms with Crippen LogP contribution in [-0.4, -0.2) is 35.6 Å². The Bertz CT molecular complexity index is 854. The van der Waals surface area contributed by atoms with Crippen molar-refractivity contribution in [1.82, 2.24) is 5.32 Å². The van der Waals surface area contributed by atoms with Crippen molar-refractivity contribution in [3.63, 3.8) is 0 Å². The Morgan fingerprint density at radius 1 is 1.11 bits per heavy atom. The van der Waals surface area contributed by atoms with Crippen LogP contribution in [0.3, 0.4) is 0 Å². The van der Waals surface area contributed by atoms with E-state index in [1.165, 1.54) is 17.7 Å². The molecule has 0 radical (unpaired) electrons. The number of aliphatic hydroxyl groups excluding tert-OH is 1. The first-order valence-corrected chi connectivity index (χ1v) is 9.05. The highest BCUT2D eigenvalue weighted by Gasteiger charge is 2.14. The Morgan fingerprint density at radius 3 is 2.50 bits per heavy atom. The van der Waals surface area contributed by atoms with Gasteiger partial charge in [0.1, 0.15) is 0 Å². The number of nitrogens with zero attached hydrogens (tertiary/aromatic N) is 1. The van der Waals surface area contributed by atoms with Crippen molar-refractivity contribution in [3.8, 4) is 0 Å². The monoisotopic (exact) mass is 386 g/mol. The number of nitro benzene ring substituents is 1. The number of carbonyl (C=O) groups is 1. The molecular formula is C20H26N4O4. The predicted molar refractivity (Wildman–Crippen MR) is 110 cm³/mol. The summed E-state index contributed by atoms with van der Waals surface area (Å²) in [5, 5.41) is 28.8. The van der Waals surface area contributed by atoms with E-state index in [0.29, 0.717) is 17.9 Å². The molecule has 0 aliphatic carbocycles. The van der Waals surface area contributed by atoms with Crippen molar-refractivity contribution < 1.29 is 14.8 Å². The van der Waals surface area contributed by atoms with Crippen LogP contribution in [0.5, 0.6) is 0 Å². The third-order valence-electron chi connectivity index (χ3n) is 4.49.